The summed E-state index contributed by atoms with van der Waals surface area (Å²) >= 11 is 0. The average Bonchev–Trinajstić information content (AvgIpc) is 3.17. The highest BCUT2D eigenvalue weighted by molar-refractivity contribution is 5.92. The van der Waals surface area contributed by atoms with E-state index in [-0.39, 0.29) is 23.9 Å². The highest BCUT2D eigenvalue weighted by Gasteiger charge is 2.17. The maximum Gasteiger partial charge on any atom is 0.263 e. The SMILES string of the molecule is Cc1cc(C)c(C)c(OCC(=O)Nc2c(C#N)cnn2-c2cc(C)c3ccccc3n2)c1. The molecule has 2 aromatic heterocycles. The fraction of sp³-hybridized carbons (Fsp3) is 0.200. The molecular weight excluding hydrogens is 402 g/mol. The first-order valence-electron chi connectivity index (χ1n) is 10.2. The Balaban J connectivity index is 1.61. The monoisotopic (exact) mass is 425 g/mol. The third-order valence-corrected chi connectivity index (χ3v) is 5.40. The summed E-state index contributed by atoms with van der Waals surface area (Å²) < 4.78 is 7.23. The van der Waals surface area contributed by atoms with Crippen LogP contribution in [0.2, 0.25) is 0 Å². The molecule has 0 aliphatic rings. The van der Waals surface area contributed by atoms with Gasteiger partial charge in [-0.15, -0.1) is 0 Å². The molecule has 0 spiro atoms. The number of para-hydroxylation sites is 1. The Morgan fingerprint density at radius 2 is 1.91 bits per heavy atom. The van der Waals surface area contributed by atoms with Gasteiger partial charge in [-0.05, 0) is 68.1 Å². The minimum atomic E-state index is -0.390. The van der Waals surface area contributed by atoms with Crippen LogP contribution in [0.5, 0.6) is 5.75 Å². The molecule has 7 nitrogen and oxygen atoms in total. The highest BCUT2D eigenvalue weighted by atomic mass is 16.5. The summed E-state index contributed by atoms with van der Waals surface area (Å²) in [7, 11) is 0. The molecule has 0 bridgehead atoms. The summed E-state index contributed by atoms with van der Waals surface area (Å²) in [6, 6.07) is 15.7. The minimum absolute atomic E-state index is 0.191. The molecule has 0 unspecified atom stereocenters. The first-order valence-corrected chi connectivity index (χ1v) is 10.2. The van der Waals surface area contributed by atoms with Crippen molar-refractivity contribution >= 4 is 22.6 Å². The van der Waals surface area contributed by atoms with Crippen LogP contribution < -0.4 is 10.1 Å². The third-order valence-electron chi connectivity index (χ3n) is 5.40. The van der Waals surface area contributed by atoms with Crippen molar-refractivity contribution in [1.29, 1.82) is 5.26 Å². The second kappa shape index (κ2) is 8.52. The Morgan fingerprint density at radius 3 is 2.69 bits per heavy atom. The molecule has 0 saturated carbocycles. The smallest absolute Gasteiger partial charge is 0.263 e. The topological polar surface area (TPSA) is 92.8 Å². The van der Waals surface area contributed by atoms with Gasteiger partial charge in [-0.3, -0.25) is 4.79 Å². The summed E-state index contributed by atoms with van der Waals surface area (Å²) in [5, 5.41) is 17.6. The Hall–Kier alpha value is -4.18. The van der Waals surface area contributed by atoms with Crippen molar-refractivity contribution in [2.75, 3.05) is 11.9 Å². The van der Waals surface area contributed by atoms with Gasteiger partial charge in [-0.25, -0.2) is 4.98 Å². The molecular formula is C25H23N5O2. The zero-order valence-electron chi connectivity index (χ0n) is 18.4. The van der Waals surface area contributed by atoms with Crippen LogP contribution >= 0.6 is 0 Å². The molecule has 160 valence electrons. The molecule has 0 radical (unpaired) electrons. The molecule has 0 aliphatic heterocycles. The van der Waals surface area contributed by atoms with Gasteiger partial charge in [0.1, 0.15) is 17.4 Å². The Kier molecular flexibility index (Phi) is 5.61. The number of carbonyl (C=O) groups is 1. The maximum atomic E-state index is 12.7. The lowest BCUT2D eigenvalue weighted by Gasteiger charge is -2.13. The number of nitrogens with one attached hydrogen (secondary N) is 1. The second-order valence-corrected chi connectivity index (χ2v) is 7.79. The first kappa shape index (κ1) is 21.1. The summed E-state index contributed by atoms with van der Waals surface area (Å²) in [6.45, 7) is 7.74. The van der Waals surface area contributed by atoms with Crippen LogP contribution in [0.1, 0.15) is 27.8 Å². The van der Waals surface area contributed by atoms with E-state index in [1.54, 1.807) is 0 Å². The average molecular weight is 425 g/mol. The Morgan fingerprint density at radius 1 is 1.12 bits per heavy atom. The summed E-state index contributed by atoms with van der Waals surface area (Å²) in [5.74, 6) is 1.06. The number of pyridine rings is 1. The number of anilines is 1. The zero-order valence-corrected chi connectivity index (χ0v) is 18.4. The van der Waals surface area contributed by atoms with E-state index in [1.807, 2.05) is 64.1 Å². The lowest BCUT2D eigenvalue weighted by Crippen LogP contribution is -2.23. The van der Waals surface area contributed by atoms with Gasteiger partial charge in [0.05, 0.1) is 11.7 Å². The number of aryl methyl sites for hydroxylation is 3. The molecule has 2 heterocycles. The molecule has 4 rings (SSSR count). The largest absolute Gasteiger partial charge is 0.483 e. The molecule has 0 aliphatic carbocycles. The van der Waals surface area contributed by atoms with Crippen LogP contribution in [0.25, 0.3) is 16.7 Å². The fourth-order valence-corrected chi connectivity index (χ4v) is 3.63. The van der Waals surface area contributed by atoms with Gasteiger partial charge in [0.25, 0.3) is 5.91 Å². The number of hydrogen-bond acceptors (Lipinski definition) is 5. The van der Waals surface area contributed by atoms with Crippen molar-refractivity contribution in [3.05, 3.63) is 76.5 Å². The van der Waals surface area contributed by atoms with Gasteiger partial charge < -0.3 is 10.1 Å². The van der Waals surface area contributed by atoms with Crippen molar-refractivity contribution in [3.8, 4) is 17.6 Å². The van der Waals surface area contributed by atoms with Gasteiger partial charge in [0, 0.05) is 5.39 Å². The van der Waals surface area contributed by atoms with E-state index in [4.69, 9.17) is 4.74 Å². The van der Waals surface area contributed by atoms with Crippen LogP contribution in [0.4, 0.5) is 5.82 Å². The molecule has 2 aromatic carbocycles. The standard InChI is InChI=1S/C25H23N5O2/c1-15-9-16(2)18(4)22(10-15)32-14-24(31)29-25-19(12-26)13-27-30(25)23-11-17(3)20-7-5-6-8-21(20)28-23/h5-11,13H,14H2,1-4H3,(H,29,31). The van der Waals surface area contributed by atoms with E-state index in [1.165, 1.54) is 10.9 Å². The number of benzene rings is 2. The van der Waals surface area contributed by atoms with Gasteiger partial charge in [-0.2, -0.15) is 15.0 Å². The van der Waals surface area contributed by atoms with E-state index in [2.05, 4.69) is 27.5 Å². The van der Waals surface area contributed by atoms with Crippen molar-refractivity contribution in [1.82, 2.24) is 14.8 Å². The van der Waals surface area contributed by atoms with Gasteiger partial charge >= 0.3 is 0 Å². The van der Waals surface area contributed by atoms with Gasteiger partial charge in [0.2, 0.25) is 0 Å². The quantitative estimate of drug-likeness (QED) is 0.507. The lowest BCUT2D eigenvalue weighted by atomic mass is 10.1. The van der Waals surface area contributed by atoms with E-state index in [9.17, 15) is 10.1 Å². The predicted molar refractivity (Wildman–Crippen MR) is 123 cm³/mol. The number of ether oxygens (including phenoxy) is 1. The summed E-state index contributed by atoms with van der Waals surface area (Å²) in [5.41, 5.74) is 5.22. The Labute approximate surface area is 186 Å². The molecule has 0 atom stereocenters. The van der Waals surface area contributed by atoms with Gasteiger partial charge in [-0.1, -0.05) is 24.3 Å². The molecule has 0 saturated heterocycles. The molecule has 1 N–H and O–H groups in total. The molecule has 1 amide bonds. The Bertz CT molecular complexity index is 1380. The van der Waals surface area contributed by atoms with Crippen LogP contribution in [0, 0.1) is 39.0 Å². The number of rotatable bonds is 5. The van der Waals surface area contributed by atoms with E-state index in [0.717, 1.165) is 33.2 Å². The van der Waals surface area contributed by atoms with E-state index < -0.39 is 0 Å². The lowest BCUT2D eigenvalue weighted by molar-refractivity contribution is -0.118. The van der Waals surface area contributed by atoms with Crippen molar-refractivity contribution in [3.63, 3.8) is 0 Å². The number of amides is 1. The number of aromatic nitrogens is 3. The van der Waals surface area contributed by atoms with Crippen LogP contribution in [-0.4, -0.2) is 27.3 Å². The summed E-state index contributed by atoms with van der Waals surface area (Å²) in [6.07, 6.45) is 1.41. The van der Waals surface area contributed by atoms with Crippen molar-refractivity contribution in [2.24, 2.45) is 0 Å². The second-order valence-electron chi connectivity index (χ2n) is 7.79. The highest BCUT2D eigenvalue weighted by Crippen LogP contribution is 2.25. The molecule has 7 heteroatoms. The maximum absolute atomic E-state index is 12.7. The molecule has 4 aromatic rings. The molecule has 0 fully saturated rings. The number of hydrogen-bond donors (Lipinski definition) is 1. The number of carbonyl (C=O) groups excluding carboxylic acids is 1. The zero-order chi connectivity index (χ0) is 22.8. The van der Waals surface area contributed by atoms with Crippen LogP contribution in [-0.2, 0) is 4.79 Å². The first-order chi connectivity index (χ1) is 15.4. The van der Waals surface area contributed by atoms with Crippen LogP contribution in [0.3, 0.4) is 0 Å². The van der Waals surface area contributed by atoms with Crippen molar-refractivity contribution in [2.45, 2.75) is 27.7 Å². The third kappa shape index (κ3) is 4.03. The number of nitriles is 1. The number of fused-ring (bicyclic) bond motifs is 1. The normalized spacial score (nSPS) is 10.7. The van der Waals surface area contributed by atoms with Gasteiger partial charge in [0.15, 0.2) is 18.2 Å². The number of nitrogens with zero attached hydrogens (tertiary/aromatic N) is 4. The van der Waals surface area contributed by atoms with E-state index >= 15 is 0 Å². The summed E-state index contributed by atoms with van der Waals surface area (Å²) in [4.78, 5) is 17.3. The fourth-order valence-electron chi connectivity index (χ4n) is 3.63. The van der Waals surface area contributed by atoms with Crippen molar-refractivity contribution < 1.29 is 9.53 Å². The minimum Gasteiger partial charge on any atom is -0.483 e. The predicted octanol–water partition coefficient (Wildman–Crippen LogP) is 4.54. The van der Waals surface area contributed by atoms with Crippen LogP contribution in [0.15, 0.2) is 48.7 Å². The van der Waals surface area contributed by atoms with E-state index in [0.29, 0.717) is 11.6 Å². The molecule has 32 heavy (non-hydrogen) atoms.